The summed E-state index contributed by atoms with van der Waals surface area (Å²) in [5.74, 6) is 1.94. The molecule has 1 amide bonds. The number of rotatable bonds is 6. The van der Waals surface area contributed by atoms with Crippen molar-refractivity contribution < 1.29 is 13.9 Å². The smallest absolute Gasteiger partial charge is 0.246 e. The summed E-state index contributed by atoms with van der Waals surface area (Å²) in [5, 5.41) is 7.18. The first-order valence-electron chi connectivity index (χ1n) is 13.3. The van der Waals surface area contributed by atoms with Crippen molar-refractivity contribution in [2.45, 2.75) is 19.4 Å². The lowest BCUT2D eigenvalue weighted by atomic mass is 10.00. The van der Waals surface area contributed by atoms with Crippen LogP contribution in [0.2, 0.25) is 0 Å². The molecule has 11 nitrogen and oxygen atoms in total. The summed E-state index contributed by atoms with van der Waals surface area (Å²) in [6.07, 6.45) is 6.97. The number of anilines is 3. The van der Waals surface area contributed by atoms with Crippen molar-refractivity contribution in [3.8, 4) is 11.5 Å². The molecule has 0 saturated carbocycles. The molecule has 12 heteroatoms. The normalized spacial score (nSPS) is 18.2. The number of amides is 1. The fourth-order valence-corrected chi connectivity index (χ4v) is 5.72. The van der Waals surface area contributed by atoms with E-state index < -0.39 is 5.82 Å². The van der Waals surface area contributed by atoms with Crippen molar-refractivity contribution in [2.75, 3.05) is 29.9 Å². The monoisotopic (exact) mass is 551 g/mol. The van der Waals surface area contributed by atoms with Gasteiger partial charge in [-0.25, -0.2) is 28.8 Å². The van der Waals surface area contributed by atoms with Crippen LogP contribution in [-0.4, -0.2) is 66.0 Å². The zero-order valence-corrected chi connectivity index (χ0v) is 22.2. The van der Waals surface area contributed by atoms with Gasteiger partial charge < -0.3 is 19.9 Å². The molecule has 0 spiro atoms. The zero-order valence-electron chi connectivity index (χ0n) is 22.2. The molecule has 2 atom stereocenters. The summed E-state index contributed by atoms with van der Waals surface area (Å²) in [6, 6.07) is 10.7. The van der Waals surface area contributed by atoms with Crippen LogP contribution in [0.15, 0.2) is 67.9 Å². The van der Waals surface area contributed by atoms with Crippen LogP contribution in [-0.2, 0) is 4.79 Å². The number of fused-ring (bicyclic) bond motifs is 4. The van der Waals surface area contributed by atoms with Crippen LogP contribution in [0.5, 0.6) is 11.5 Å². The van der Waals surface area contributed by atoms with Gasteiger partial charge in [0.25, 0.3) is 0 Å². The Hall–Kier alpha value is -5.13. The zero-order chi connectivity index (χ0) is 28.1. The lowest BCUT2D eigenvalue weighted by Gasteiger charge is -2.33. The lowest BCUT2D eigenvalue weighted by Crippen LogP contribution is -2.44. The quantitative estimate of drug-likeness (QED) is 0.309. The van der Waals surface area contributed by atoms with Gasteiger partial charge in [0.2, 0.25) is 5.91 Å². The SMILES string of the molecule is C=CC(=O)N1C[C@@H]2CC1CN(c1ccc3ncnc(Nc4ccc(Oc5ccn6ncnc6c5)c(C)c4F)c3n1)C2. The first-order chi connectivity index (χ1) is 20.0. The van der Waals surface area contributed by atoms with Crippen LogP contribution < -0.4 is 15.0 Å². The first-order valence-corrected chi connectivity index (χ1v) is 13.3. The van der Waals surface area contributed by atoms with Crippen LogP contribution in [0.3, 0.4) is 0 Å². The van der Waals surface area contributed by atoms with Gasteiger partial charge >= 0.3 is 0 Å². The Balaban J connectivity index is 1.15. The van der Waals surface area contributed by atoms with Crippen LogP contribution in [0.1, 0.15) is 12.0 Å². The molecule has 1 aromatic carbocycles. The number of halogens is 1. The maximum Gasteiger partial charge on any atom is 0.246 e. The van der Waals surface area contributed by atoms with E-state index >= 15 is 4.39 Å². The largest absolute Gasteiger partial charge is 0.457 e. The van der Waals surface area contributed by atoms with Crippen molar-refractivity contribution in [2.24, 2.45) is 5.92 Å². The van der Waals surface area contributed by atoms with E-state index in [9.17, 15) is 4.79 Å². The highest BCUT2D eigenvalue weighted by atomic mass is 19.1. The molecule has 41 heavy (non-hydrogen) atoms. The van der Waals surface area contributed by atoms with Crippen LogP contribution >= 0.6 is 0 Å². The van der Waals surface area contributed by atoms with Crippen LogP contribution in [0.4, 0.5) is 21.7 Å². The third kappa shape index (κ3) is 4.46. The molecule has 4 aromatic heterocycles. The van der Waals surface area contributed by atoms with Crippen molar-refractivity contribution in [3.05, 3.63) is 79.3 Å². The predicted octanol–water partition coefficient (Wildman–Crippen LogP) is 4.27. The molecular weight excluding hydrogens is 525 g/mol. The number of benzene rings is 1. The second-order valence-corrected chi connectivity index (χ2v) is 10.3. The molecule has 1 N–H and O–H groups in total. The number of piperidine rings is 1. The lowest BCUT2D eigenvalue weighted by molar-refractivity contribution is -0.126. The minimum absolute atomic E-state index is 0.0316. The van der Waals surface area contributed by atoms with E-state index in [1.54, 1.807) is 41.9 Å². The number of likely N-dealkylation sites (tertiary alicyclic amines) is 1. The van der Waals surface area contributed by atoms with Crippen LogP contribution in [0.25, 0.3) is 16.7 Å². The Labute approximate surface area is 234 Å². The van der Waals surface area contributed by atoms with Crippen molar-refractivity contribution in [1.29, 1.82) is 0 Å². The molecule has 2 aliphatic heterocycles. The number of nitrogens with zero attached hydrogens (tertiary/aromatic N) is 8. The van der Waals surface area contributed by atoms with Crippen molar-refractivity contribution in [1.82, 2.24) is 34.4 Å². The Morgan fingerprint density at radius 1 is 1.12 bits per heavy atom. The fraction of sp³-hybridized carbons (Fsp3) is 0.241. The van der Waals surface area contributed by atoms with Gasteiger partial charge in [0.1, 0.15) is 35.5 Å². The predicted molar refractivity (Wildman–Crippen MR) is 151 cm³/mol. The standard InChI is InChI=1S/C29H26FN9O2/c1-3-26(40)38-13-18-10-19(38)14-37(12-18)24-7-5-22-28(36-24)29(33-15-31-22)35-21-4-6-23(17(2)27(21)30)41-20-8-9-39-25(11-20)32-16-34-39/h3-9,11,15-16,18-19H,1,10,12-14H2,2H3,(H,31,33,35)/t18-,19?/m1/s1. The number of hydrogen-bond acceptors (Lipinski definition) is 9. The molecule has 206 valence electrons. The van der Waals surface area contributed by atoms with Crippen molar-refractivity contribution >= 4 is 39.9 Å². The maximum absolute atomic E-state index is 15.6. The number of carbonyl (C=O) groups excluding carboxylic acids is 1. The molecule has 0 aliphatic carbocycles. The van der Waals surface area contributed by atoms with Gasteiger partial charge in [-0.2, -0.15) is 5.10 Å². The number of pyridine rings is 2. The van der Waals surface area contributed by atoms with E-state index in [1.807, 2.05) is 17.0 Å². The molecular formula is C29H26FN9O2. The highest BCUT2D eigenvalue weighted by Crippen LogP contribution is 2.35. The maximum atomic E-state index is 15.6. The molecule has 0 radical (unpaired) electrons. The topological polar surface area (TPSA) is 114 Å². The first kappa shape index (κ1) is 24.9. The second-order valence-electron chi connectivity index (χ2n) is 10.3. The van der Waals surface area contributed by atoms with E-state index in [0.717, 1.165) is 25.3 Å². The Morgan fingerprint density at radius 2 is 2.02 bits per heavy atom. The summed E-state index contributed by atoms with van der Waals surface area (Å²) in [5.41, 5.74) is 2.37. The van der Waals surface area contributed by atoms with Gasteiger partial charge in [0.15, 0.2) is 17.3 Å². The molecule has 5 aromatic rings. The van der Waals surface area contributed by atoms with Crippen LogP contribution in [0, 0.1) is 18.7 Å². The van der Waals surface area contributed by atoms with Gasteiger partial charge in [0, 0.05) is 43.5 Å². The number of hydrogen-bond donors (Lipinski definition) is 1. The molecule has 2 bridgehead atoms. The summed E-state index contributed by atoms with van der Waals surface area (Å²) < 4.78 is 23.1. The fourth-order valence-electron chi connectivity index (χ4n) is 5.72. The summed E-state index contributed by atoms with van der Waals surface area (Å²) in [4.78, 5) is 34.2. The van der Waals surface area contributed by atoms with E-state index in [2.05, 4.69) is 36.8 Å². The molecule has 2 fully saturated rings. The van der Waals surface area contributed by atoms with Crippen molar-refractivity contribution in [3.63, 3.8) is 0 Å². The Morgan fingerprint density at radius 3 is 2.90 bits per heavy atom. The Bertz CT molecular complexity index is 1820. The summed E-state index contributed by atoms with van der Waals surface area (Å²) in [7, 11) is 0. The average Bonchev–Trinajstić information content (AvgIpc) is 3.59. The van der Waals surface area contributed by atoms with Gasteiger partial charge in [-0.1, -0.05) is 6.58 Å². The number of nitrogens with one attached hydrogen (secondary N) is 1. The number of aromatic nitrogens is 6. The molecule has 2 saturated heterocycles. The van der Waals surface area contributed by atoms with Gasteiger partial charge in [-0.15, -0.1) is 0 Å². The van der Waals surface area contributed by atoms with E-state index in [1.165, 1.54) is 18.7 Å². The molecule has 6 heterocycles. The minimum atomic E-state index is -0.464. The molecule has 2 aliphatic rings. The molecule has 1 unspecified atom stereocenters. The summed E-state index contributed by atoms with van der Waals surface area (Å²) in [6.45, 7) is 7.51. The van der Waals surface area contributed by atoms with E-state index in [0.29, 0.717) is 52.0 Å². The van der Waals surface area contributed by atoms with E-state index in [4.69, 9.17) is 9.72 Å². The number of carbonyl (C=O) groups is 1. The Kier molecular flexibility index (Phi) is 5.95. The second kappa shape index (κ2) is 9.81. The van der Waals surface area contributed by atoms with Gasteiger partial charge in [-0.3, -0.25) is 4.79 Å². The third-order valence-electron chi connectivity index (χ3n) is 7.73. The highest BCUT2D eigenvalue weighted by Gasteiger charge is 2.40. The highest BCUT2D eigenvalue weighted by molar-refractivity contribution is 5.89. The summed E-state index contributed by atoms with van der Waals surface area (Å²) >= 11 is 0. The number of ether oxygens (including phenoxy) is 1. The average molecular weight is 552 g/mol. The molecule has 7 rings (SSSR count). The minimum Gasteiger partial charge on any atom is -0.457 e. The van der Waals surface area contributed by atoms with Gasteiger partial charge in [-0.05, 0) is 55.7 Å². The van der Waals surface area contributed by atoms with E-state index in [-0.39, 0.29) is 17.6 Å². The third-order valence-corrected chi connectivity index (χ3v) is 7.73. The van der Waals surface area contributed by atoms with Gasteiger partial charge in [0.05, 0.1) is 11.2 Å².